The zero-order valence-electron chi connectivity index (χ0n) is 16.9. The lowest BCUT2D eigenvalue weighted by Gasteiger charge is -2.28. The summed E-state index contributed by atoms with van der Waals surface area (Å²) in [7, 11) is 5.68. The van der Waals surface area contributed by atoms with Crippen molar-refractivity contribution in [2.75, 3.05) is 25.5 Å². The fourth-order valence-corrected chi connectivity index (χ4v) is 3.58. The molecule has 0 saturated carbocycles. The zero-order valence-corrected chi connectivity index (χ0v) is 16.9. The first-order valence-electron chi connectivity index (χ1n) is 9.80. The number of amides is 1. The van der Waals surface area contributed by atoms with E-state index >= 15 is 0 Å². The average Bonchev–Trinajstić information content (AvgIpc) is 3.30. The van der Waals surface area contributed by atoms with E-state index in [1.165, 1.54) is 0 Å². The van der Waals surface area contributed by atoms with Crippen molar-refractivity contribution in [3.05, 3.63) is 42.1 Å². The summed E-state index contributed by atoms with van der Waals surface area (Å²) in [5.41, 5.74) is 1.33. The van der Waals surface area contributed by atoms with Crippen molar-refractivity contribution in [1.29, 1.82) is 0 Å². The van der Waals surface area contributed by atoms with Crippen LogP contribution in [0.25, 0.3) is 11.5 Å². The molecule has 152 valence electrons. The van der Waals surface area contributed by atoms with Crippen LogP contribution in [0, 0.1) is 0 Å². The van der Waals surface area contributed by atoms with Crippen LogP contribution in [0.2, 0.25) is 0 Å². The smallest absolute Gasteiger partial charge is 0.261 e. The maximum absolute atomic E-state index is 13.3. The molecule has 0 aromatic carbocycles. The Morgan fingerprint density at radius 1 is 1.21 bits per heavy atom. The highest BCUT2D eigenvalue weighted by Gasteiger charge is 2.31. The summed E-state index contributed by atoms with van der Waals surface area (Å²) >= 11 is 0. The summed E-state index contributed by atoms with van der Waals surface area (Å²) in [6.07, 6.45) is 9.00. The molecule has 3 aromatic rings. The van der Waals surface area contributed by atoms with Crippen molar-refractivity contribution < 1.29 is 9.32 Å². The predicted molar refractivity (Wildman–Crippen MR) is 107 cm³/mol. The molecule has 4 rings (SSSR count). The molecule has 0 aliphatic carbocycles. The second-order valence-electron chi connectivity index (χ2n) is 7.52. The van der Waals surface area contributed by atoms with Gasteiger partial charge in [-0.05, 0) is 25.0 Å². The van der Waals surface area contributed by atoms with Crippen LogP contribution in [0.4, 0.5) is 5.82 Å². The molecule has 0 radical (unpaired) electrons. The first-order chi connectivity index (χ1) is 14.0. The number of hydrogen-bond donors (Lipinski definition) is 0. The van der Waals surface area contributed by atoms with Gasteiger partial charge in [-0.3, -0.25) is 9.48 Å². The maximum atomic E-state index is 13.3. The second kappa shape index (κ2) is 8.02. The third kappa shape index (κ3) is 3.98. The van der Waals surface area contributed by atoms with Gasteiger partial charge in [0.1, 0.15) is 5.82 Å². The third-order valence-corrected chi connectivity index (χ3v) is 5.16. The maximum Gasteiger partial charge on any atom is 0.261 e. The number of likely N-dealkylation sites (tertiary alicyclic amines) is 1. The topological polar surface area (TPSA) is 93.2 Å². The van der Waals surface area contributed by atoms with Crippen molar-refractivity contribution in [3.8, 4) is 11.5 Å². The fraction of sp³-hybridized carbons (Fsp3) is 0.450. The molecule has 29 heavy (non-hydrogen) atoms. The van der Waals surface area contributed by atoms with Gasteiger partial charge < -0.3 is 14.3 Å². The van der Waals surface area contributed by atoms with Crippen molar-refractivity contribution in [2.24, 2.45) is 7.05 Å². The number of aryl methyl sites for hydroxylation is 1. The molecule has 0 bridgehead atoms. The van der Waals surface area contributed by atoms with E-state index in [-0.39, 0.29) is 11.9 Å². The Kier molecular flexibility index (Phi) is 5.28. The van der Waals surface area contributed by atoms with Crippen molar-refractivity contribution in [2.45, 2.75) is 31.7 Å². The minimum Gasteiger partial charge on any atom is -0.363 e. The monoisotopic (exact) mass is 395 g/mol. The van der Waals surface area contributed by atoms with E-state index in [9.17, 15) is 4.79 Å². The zero-order chi connectivity index (χ0) is 20.4. The van der Waals surface area contributed by atoms with Crippen LogP contribution in [0.3, 0.4) is 0 Å². The highest BCUT2D eigenvalue weighted by atomic mass is 16.5. The molecule has 1 saturated heterocycles. The fourth-order valence-electron chi connectivity index (χ4n) is 3.58. The lowest BCUT2D eigenvalue weighted by Crippen LogP contribution is -2.35. The summed E-state index contributed by atoms with van der Waals surface area (Å²) < 4.78 is 7.15. The highest BCUT2D eigenvalue weighted by molar-refractivity contribution is 5.94. The number of pyridine rings is 1. The Bertz CT molecular complexity index is 977. The molecule has 1 atom stereocenters. The standard InChI is InChI=1S/C20H25N7O2/c1-25(2)17-9-8-14(11-21-17)20(28)27-10-6-4-5-7-16(27)18-23-19(29-24-18)15-12-22-26(3)13-15/h8-9,11-13,16H,4-7,10H2,1-3H3/t16-/m1/s1. The number of carbonyl (C=O) groups is 1. The van der Waals surface area contributed by atoms with Crippen LogP contribution < -0.4 is 4.90 Å². The van der Waals surface area contributed by atoms with E-state index in [0.29, 0.717) is 23.8 Å². The van der Waals surface area contributed by atoms with Gasteiger partial charge in [0.05, 0.1) is 23.4 Å². The molecule has 0 N–H and O–H groups in total. The van der Waals surface area contributed by atoms with Gasteiger partial charge in [0.25, 0.3) is 11.8 Å². The minimum atomic E-state index is -0.215. The van der Waals surface area contributed by atoms with Gasteiger partial charge in [-0.2, -0.15) is 10.1 Å². The van der Waals surface area contributed by atoms with Crippen LogP contribution in [0.1, 0.15) is 47.9 Å². The van der Waals surface area contributed by atoms with Gasteiger partial charge in [-0.1, -0.05) is 18.0 Å². The van der Waals surface area contributed by atoms with Crippen molar-refractivity contribution in [3.63, 3.8) is 0 Å². The van der Waals surface area contributed by atoms with E-state index < -0.39 is 0 Å². The SMILES string of the molecule is CN(C)c1ccc(C(=O)N2CCCCC[C@@H]2c2noc(-c3cnn(C)c3)n2)cn1. The molecule has 0 spiro atoms. The predicted octanol–water partition coefficient (Wildman–Crippen LogP) is 2.69. The summed E-state index contributed by atoms with van der Waals surface area (Å²) in [4.78, 5) is 26.0. The van der Waals surface area contributed by atoms with Gasteiger partial charge >= 0.3 is 0 Å². The molecule has 1 aliphatic heterocycles. The lowest BCUT2D eigenvalue weighted by molar-refractivity contribution is 0.0670. The molecular weight excluding hydrogens is 370 g/mol. The third-order valence-electron chi connectivity index (χ3n) is 5.16. The molecule has 4 heterocycles. The Hall–Kier alpha value is -3.23. The number of hydrogen-bond acceptors (Lipinski definition) is 7. The highest BCUT2D eigenvalue weighted by Crippen LogP contribution is 2.31. The van der Waals surface area contributed by atoms with Gasteiger partial charge in [0.2, 0.25) is 0 Å². The van der Waals surface area contributed by atoms with Gasteiger partial charge in [0, 0.05) is 40.1 Å². The van der Waals surface area contributed by atoms with Crippen LogP contribution in [-0.4, -0.2) is 56.4 Å². The van der Waals surface area contributed by atoms with E-state index in [0.717, 1.165) is 37.1 Å². The van der Waals surface area contributed by atoms with E-state index in [1.807, 2.05) is 49.3 Å². The Labute approximate surface area is 169 Å². The average molecular weight is 395 g/mol. The molecule has 1 aliphatic rings. The minimum absolute atomic E-state index is 0.0533. The Balaban J connectivity index is 1.60. The number of rotatable bonds is 4. The molecule has 0 unspecified atom stereocenters. The number of nitrogens with zero attached hydrogens (tertiary/aromatic N) is 7. The van der Waals surface area contributed by atoms with E-state index in [4.69, 9.17) is 4.52 Å². The summed E-state index contributed by atoms with van der Waals surface area (Å²) in [6, 6.07) is 3.46. The van der Waals surface area contributed by atoms with Crippen molar-refractivity contribution in [1.82, 2.24) is 29.8 Å². The van der Waals surface area contributed by atoms with Crippen LogP contribution in [-0.2, 0) is 7.05 Å². The van der Waals surface area contributed by atoms with Crippen LogP contribution in [0.15, 0.2) is 35.2 Å². The molecule has 1 fully saturated rings. The summed E-state index contributed by atoms with van der Waals surface area (Å²) in [5.74, 6) is 1.72. The molecule has 9 nitrogen and oxygen atoms in total. The second-order valence-corrected chi connectivity index (χ2v) is 7.52. The quantitative estimate of drug-likeness (QED) is 0.670. The lowest BCUT2D eigenvalue weighted by atomic mass is 10.1. The molecule has 1 amide bonds. The summed E-state index contributed by atoms with van der Waals surface area (Å²) in [6.45, 7) is 0.662. The Morgan fingerprint density at radius 3 is 2.76 bits per heavy atom. The number of carbonyl (C=O) groups excluding carboxylic acids is 1. The van der Waals surface area contributed by atoms with Crippen LogP contribution >= 0.6 is 0 Å². The summed E-state index contributed by atoms with van der Waals surface area (Å²) in [5, 5.41) is 8.34. The molecule has 3 aromatic heterocycles. The number of anilines is 1. The molecular formula is C20H25N7O2. The van der Waals surface area contributed by atoms with Crippen LogP contribution in [0.5, 0.6) is 0 Å². The van der Waals surface area contributed by atoms with Gasteiger partial charge in [-0.15, -0.1) is 0 Å². The molecule has 9 heteroatoms. The normalized spacial score (nSPS) is 17.2. The first kappa shape index (κ1) is 19.1. The van der Waals surface area contributed by atoms with Crippen molar-refractivity contribution >= 4 is 11.7 Å². The first-order valence-corrected chi connectivity index (χ1v) is 9.80. The van der Waals surface area contributed by atoms with Gasteiger partial charge in [0.15, 0.2) is 5.82 Å². The van der Waals surface area contributed by atoms with Gasteiger partial charge in [-0.25, -0.2) is 4.98 Å². The Morgan fingerprint density at radius 2 is 2.07 bits per heavy atom. The van der Waals surface area contributed by atoms with E-state index in [1.54, 1.807) is 17.1 Å². The number of aromatic nitrogens is 5. The van der Waals surface area contributed by atoms with E-state index in [2.05, 4.69) is 20.2 Å². The largest absolute Gasteiger partial charge is 0.363 e.